The molecule has 0 saturated carbocycles. The molecule has 0 saturated heterocycles. The summed E-state index contributed by atoms with van der Waals surface area (Å²) in [4.78, 5) is 0. The Morgan fingerprint density at radius 1 is 1.00 bits per heavy atom. The summed E-state index contributed by atoms with van der Waals surface area (Å²) in [5.41, 5.74) is -1.76. The van der Waals surface area contributed by atoms with Crippen LogP contribution in [0.25, 0.3) is 16.8 Å². The highest BCUT2D eigenvalue weighted by Gasteiger charge is 2.40. The molecule has 0 spiro atoms. The Morgan fingerprint density at radius 2 is 1.71 bits per heavy atom. The Kier molecular flexibility index (Phi) is 3.81. The second-order valence-electron chi connectivity index (χ2n) is 4.95. The van der Waals surface area contributed by atoms with Gasteiger partial charge < -0.3 is 0 Å². The first-order valence-corrected chi connectivity index (χ1v) is 6.83. The lowest BCUT2D eigenvalue weighted by Crippen LogP contribution is -2.08. The average molecular weight is 331 g/mol. The minimum atomic E-state index is -4.83. The quantitative estimate of drug-likeness (QED) is 0.646. The van der Waals surface area contributed by atoms with Gasteiger partial charge in [-0.15, -0.1) is 0 Å². The van der Waals surface area contributed by atoms with Crippen molar-refractivity contribution >= 4 is 0 Å². The van der Waals surface area contributed by atoms with Gasteiger partial charge in [0.2, 0.25) is 5.95 Å². The third-order valence-corrected chi connectivity index (χ3v) is 3.38. The molecule has 0 radical (unpaired) electrons. The Labute approximate surface area is 134 Å². The van der Waals surface area contributed by atoms with Gasteiger partial charge in [0.15, 0.2) is 5.69 Å². The Hall–Kier alpha value is -3.14. The monoisotopic (exact) mass is 331 g/mol. The number of rotatable bonds is 2. The maximum absolute atomic E-state index is 14.7. The first-order chi connectivity index (χ1) is 11.4. The van der Waals surface area contributed by atoms with Crippen molar-refractivity contribution in [3.05, 3.63) is 71.8 Å². The summed E-state index contributed by atoms with van der Waals surface area (Å²) in [7, 11) is 0. The molecule has 0 amide bonds. The number of benzene rings is 2. The molecule has 0 aliphatic rings. The van der Waals surface area contributed by atoms with Crippen LogP contribution in [-0.4, -0.2) is 9.78 Å². The molecule has 1 aromatic heterocycles. The highest BCUT2D eigenvalue weighted by molar-refractivity contribution is 5.68. The zero-order valence-corrected chi connectivity index (χ0v) is 12.0. The highest BCUT2D eigenvalue weighted by atomic mass is 19.4. The summed E-state index contributed by atoms with van der Waals surface area (Å²) in [5, 5.41) is 12.3. The minimum Gasteiger partial charge on any atom is -0.206 e. The Balaban J connectivity index is 2.28. The first kappa shape index (κ1) is 15.7. The van der Waals surface area contributed by atoms with Crippen molar-refractivity contribution in [3.8, 4) is 22.9 Å². The minimum absolute atomic E-state index is 0.0546. The lowest BCUT2D eigenvalue weighted by Gasteiger charge is -2.06. The zero-order valence-electron chi connectivity index (χ0n) is 12.0. The van der Waals surface area contributed by atoms with Crippen LogP contribution in [0.15, 0.2) is 54.6 Å². The van der Waals surface area contributed by atoms with E-state index in [1.807, 2.05) is 6.07 Å². The Morgan fingerprint density at radius 3 is 2.33 bits per heavy atom. The molecule has 2 aromatic carbocycles. The molecule has 0 bridgehead atoms. The number of nitrogens with zero attached hydrogens (tertiary/aromatic N) is 3. The van der Waals surface area contributed by atoms with Gasteiger partial charge in [-0.3, -0.25) is 0 Å². The molecular formula is C17H9F4N3. The fourth-order valence-electron chi connectivity index (χ4n) is 2.34. The predicted octanol–water partition coefficient (Wildman–Crippen LogP) is 4.57. The number of aromatic nitrogens is 2. The average Bonchev–Trinajstić information content (AvgIpc) is 2.93. The molecule has 7 heteroatoms. The van der Waals surface area contributed by atoms with E-state index >= 15 is 0 Å². The van der Waals surface area contributed by atoms with Crippen LogP contribution in [0.2, 0.25) is 0 Å². The second-order valence-corrected chi connectivity index (χ2v) is 4.95. The van der Waals surface area contributed by atoms with E-state index < -0.39 is 23.4 Å². The SMILES string of the molecule is N#Cc1cccc(-c2c(C(F)(F)F)nn(-c3ccccc3)c2F)c1. The third kappa shape index (κ3) is 2.74. The van der Waals surface area contributed by atoms with Crippen molar-refractivity contribution in [1.29, 1.82) is 5.26 Å². The summed E-state index contributed by atoms with van der Waals surface area (Å²) in [6.07, 6.45) is -4.83. The molecule has 3 aromatic rings. The van der Waals surface area contributed by atoms with E-state index in [-0.39, 0.29) is 16.8 Å². The molecule has 0 aliphatic heterocycles. The molecule has 1 heterocycles. The van der Waals surface area contributed by atoms with Gasteiger partial charge >= 0.3 is 6.18 Å². The third-order valence-electron chi connectivity index (χ3n) is 3.38. The topological polar surface area (TPSA) is 41.6 Å². The van der Waals surface area contributed by atoms with E-state index in [0.717, 1.165) is 0 Å². The first-order valence-electron chi connectivity index (χ1n) is 6.83. The smallest absolute Gasteiger partial charge is 0.206 e. The van der Waals surface area contributed by atoms with Crippen LogP contribution >= 0.6 is 0 Å². The van der Waals surface area contributed by atoms with Crippen LogP contribution in [0.1, 0.15) is 11.3 Å². The van der Waals surface area contributed by atoms with E-state index in [1.165, 1.54) is 36.4 Å². The van der Waals surface area contributed by atoms with Crippen molar-refractivity contribution in [2.45, 2.75) is 6.18 Å². The summed E-state index contributed by atoms with van der Waals surface area (Å²) in [6, 6.07) is 14.9. The number of hydrogen-bond donors (Lipinski definition) is 0. The van der Waals surface area contributed by atoms with Crippen LogP contribution in [-0.2, 0) is 6.18 Å². The molecule has 24 heavy (non-hydrogen) atoms. The van der Waals surface area contributed by atoms with Gasteiger partial charge in [-0.05, 0) is 29.8 Å². The molecule has 0 N–H and O–H groups in total. The van der Waals surface area contributed by atoms with Crippen LogP contribution < -0.4 is 0 Å². The second kappa shape index (κ2) is 5.81. The van der Waals surface area contributed by atoms with Crippen LogP contribution in [0.3, 0.4) is 0 Å². The summed E-state index contributed by atoms with van der Waals surface area (Å²) >= 11 is 0. The van der Waals surface area contributed by atoms with E-state index in [4.69, 9.17) is 5.26 Å². The molecule has 3 rings (SSSR count). The fourth-order valence-corrected chi connectivity index (χ4v) is 2.34. The number of para-hydroxylation sites is 1. The van der Waals surface area contributed by atoms with Crippen molar-refractivity contribution < 1.29 is 17.6 Å². The van der Waals surface area contributed by atoms with Gasteiger partial charge in [0.25, 0.3) is 0 Å². The highest BCUT2D eigenvalue weighted by Crippen LogP contribution is 2.38. The fraction of sp³-hybridized carbons (Fsp3) is 0.0588. The molecular weight excluding hydrogens is 322 g/mol. The summed E-state index contributed by atoms with van der Waals surface area (Å²) in [6.45, 7) is 0. The van der Waals surface area contributed by atoms with E-state index in [2.05, 4.69) is 5.10 Å². The molecule has 0 aliphatic carbocycles. The van der Waals surface area contributed by atoms with Crippen molar-refractivity contribution in [2.75, 3.05) is 0 Å². The molecule has 120 valence electrons. The maximum atomic E-state index is 14.7. The standard InChI is InChI=1S/C17H9F4N3/c18-16-14(12-6-4-5-11(9-12)10-22)15(17(19,20)21)23-24(16)13-7-2-1-3-8-13/h1-9H. The maximum Gasteiger partial charge on any atom is 0.435 e. The van der Waals surface area contributed by atoms with Gasteiger partial charge in [0, 0.05) is 0 Å². The van der Waals surface area contributed by atoms with Crippen molar-refractivity contribution in [1.82, 2.24) is 9.78 Å². The number of alkyl halides is 3. The van der Waals surface area contributed by atoms with Crippen LogP contribution in [0, 0.1) is 17.3 Å². The van der Waals surface area contributed by atoms with E-state index in [0.29, 0.717) is 4.68 Å². The predicted molar refractivity (Wildman–Crippen MR) is 78.7 cm³/mol. The van der Waals surface area contributed by atoms with Gasteiger partial charge in [0.05, 0.1) is 22.9 Å². The van der Waals surface area contributed by atoms with Crippen molar-refractivity contribution in [2.24, 2.45) is 0 Å². The van der Waals surface area contributed by atoms with Gasteiger partial charge in [-0.1, -0.05) is 30.3 Å². The molecule has 0 fully saturated rings. The number of halogens is 4. The summed E-state index contributed by atoms with van der Waals surface area (Å²) < 4.78 is 55.3. The zero-order chi connectivity index (χ0) is 17.3. The largest absolute Gasteiger partial charge is 0.435 e. The van der Waals surface area contributed by atoms with Gasteiger partial charge in [-0.2, -0.15) is 27.9 Å². The van der Waals surface area contributed by atoms with Crippen molar-refractivity contribution in [3.63, 3.8) is 0 Å². The summed E-state index contributed by atoms with van der Waals surface area (Å²) in [5.74, 6) is -1.14. The molecule has 3 nitrogen and oxygen atoms in total. The molecule has 0 unspecified atom stereocenters. The Bertz CT molecular complexity index is 921. The van der Waals surface area contributed by atoms with E-state index in [1.54, 1.807) is 18.2 Å². The van der Waals surface area contributed by atoms with Gasteiger partial charge in [-0.25, -0.2) is 4.68 Å². The van der Waals surface area contributed by atoms with Crippen LogP contribution in [0.5, 0.6) is 0 Å². The lowest BCUT2D eigenvalue weighted by molar-refractivity contribution is -0.140. The number of hydrogen-bond acceptors (Lipinski definition) is 2. The number of nitriles is 1. The van der Waals surface area contributed by atoms with E-state index in [9.17, 15) is 17.6 Å². The molecule has 0 atom stereocenters. The van der Waals surface area contributed by atoms with Crippen LogP contribution in [0.4, 0.5) is 17.6 Å². The normalized spacial score (nSPS) is 11.3. The van der Waals surface area contributed by atoms with Gasteiger partial charge in [0.1, 0.15) is 0 Å². The lowest BCUT2D eigenvalue weighted by atomic mass is 10.0.